The van der Waals surface area contributed by atoms with Crippen LogP contribution in [-0.2, 0) is 0 Å². The summed E-state index contributed by atoms with van der Waals surface area (Å²) in [5, 5.41) is 21.8. The van der Waals surface area contributed by atoms with Gasteiger partial charge in [-0.25, -0.2) is 0 Å². The van der Waals surface area contributed by atoms with Crippen LogP contribution in [0.4, 0.5) is 5.69 Å². The van der Waals surface area contributed by atoms with E-state index < -0.39 is 10.8 Å². The lowest BCUT2D eigenvalue weighted by molar-refractivity contribution is -0.384. The van der Waals surface area contributed by atoms with Crippen LogP contribution in [0.2, 0.25) is 0 Å². The second-order valence-electron chi connectivity index (χ2n) is 4.05. The van der Waals surface area contributed by atoms with E-state index in [1.54, 1.807) is 19.9 Å². The number of benzene rings is 1. The van der Waals surface area contributed by atoms with Crippen LogP contribution in [0.15, 0.2) is 18.2 Å². The predicted molar refractivity (Wildman–Crippen MR) is 65.0 cm³/mol. The average Bonchev–Trinajstić information content (AvgIpc) is 2.28. The Bertz CT molecular complexity index is 520. The fourth-order valence-corrected chi connectivity index (χ4v) is 1.49. The van der Waals surface area contributed by atoms with E-state index in [1.165, 1.54) is 12.1 Å². The molecule has 0 aliphatic carbocycles. The van der Waals surface area contributed by atoms with Crippen molar-refractivity contribution in [2.45, 2.75) is 26.3 Å². The summed E-state index contributed by atoms with van der Waals surface area (Å²) >= 11 is 0. The van der Waals surface area contributed by atoms with E-state index in [4.69, 9.17) is 5.26 Å². The van der Waals surface area contributed by atoms with Crippen molar-refractivity contribution in [1.82, 2.24) is 5.32 Å². The van der Waals surface area contributed by atoms with E-state index in [9.17, 15) is 14.9 Å². The van der Waals surface area contributed by atoms with Crippen LogP contribution in [0, 0.1) is 28.4 Å². The minimum absolute atomic E-state index is 0.118. The molecule has 0 radical (unpaired) electrons. The number of nitrogens with one attached hydrogen (secondary N) is 1. The highest BCUT2D eigenvalue weighted by atomic mass is 16.6. The van der Waals surface area contributed by atoms with Crippen molar-refractivity contribution in [3.05, 3.63) is 39.4 Å². The molecule has 1 aromatic rings. The minimum atomic E-state index is -0.539. The standard InChI is InChI=1S/C12H13N3O3/c1-8-5-10(7-11(6-8)15(17)18)12(16)14-9(2)3-4-13/h5-7,9H,3H2,1-2H3,(H,14,16). The third-order valence-electron chi connectivity index (χ3n) is 2.31. The first kappa shape index (κ1) is 13.6. The van der Waals surface area contributed by atoms with Crippen molar-refractivity contribution in [1.29, 1.82) is 5.26 Å². The van der Waals surface area contributed by atoms with Crippen molar-refractivity contribution in [3.8, 4) is 6.07 Å². The molecule has 0 aliphatic heterocycles. The van der Waals surface area contributed by atoms with Gasteiger partial charge in [-0.05, 0) is 25.5 Å². The molecule has 1 amide bonds. The maximum Gasteiger partial charge on any atom is 0.270 e. The first-order valence-corrected chi connectivity index (χ1v) is 5.38. The van der Waals surface area contributed by atoms with Crippen LogP contribution >= 0.6 is 0 Å². The Morgan fingerprint density at radius 3 is 2.78 bits per heavy atom. The van der Waals surface area contributed by atoms with Gasteiger partial charge in [-0.15, -0.1) is 0 Å². The molecule has 0 bridgehead atoms. The molecule has 1 aromatic carbocycles. The van der Waals surface area contributed by atoms with Crippen LogP contribution < -0.4 is 5.32 Å². The zero-order chi connectivity index (χ0) is 13.7. The van der Waals surface area contributed by atoms with Crippen molar-refractivity contribution in [3.63, 3.8) is 0 Å². The Labute approximate surface area is 104 Å². The number of rotatable bonds is 4. The summed E-state index contributed by atoms with van der Waals surface area (Å²) in [5.74, 6) is -0.412. The topological polar surface area (TPSA) is 96.0 Å². The number of nitro benzene ring substituents is 1. The predicted octanol–water partition coefficient (Wildman–Crippen LogP) is 1.94. The molecule has 18 heavy (non-hydrogen) atoms. The third kappa shape index (κ3) is 3.56. The summed E-state index contributed by atoms with van der Waals surface area (Å²) in [5.41, 5.74) is 0.752. The number of nitro groups is 1. The molecule has 6 heteroatoms. The molecule has 1 N–H and O–H groups in total. The van der Waals surface area contributed by atoms with Gasteiger partial charge in [0.15, 0.2) is 0 Å². The highest BCUT2D eigenvalue weighted by Gasteiger charge is 2.14. The van der Waals surface area contributed by atoms with E-state index in [0.29, 0.717) is 5.56 Å². The number of aryl methyl sites for hydroxylation is 1. The zero-order valence-corrected chi connectivity index (χ0v) is 10.1. The smallest absolute Gasteiger partial charge is 0.270 e. The second kappa shape index (κ2) is 5.77. The summed E-state index contributed by atoms with van der Waals surface area (Å²) in [6, 6.07) is 5.85. The molecule has 0 aromatic heterocycles. The van der Waals surface area contributed by atoms with Gasteiger partial charge in [0.25, 0.3) is 11.6 Å². The van der Waals surface area contributed by atoms with Gasteiger partial charge in [0, 0.05) is 23.7 Å². The van der Waals surface area contributed by atoms with Crippen molar-refractivity contribution < 1.29 is 9.72 Å². The van der Waals surface area contributed by atoms with Gasteiger partial charge in [0.2, 0.25) is 0 Å². The molecule has 0 saturated carbocycles. The van der Waals surface area contributed by atoms with E-state index in [-0.39, 0.29) is 23.7 Å². The van der Waals surface area contributed by atoms with Crippen molar-refractivity contribution in [2.24, 2.45) is 0 Å². The van der Waals surface area contributed by atoms with E-state index >= 15 is 0 Å². The van der Waals surface area contributed by atoms with Crippen LogP contribution in [-0.4, -0.2) is 16.9 Å². The van der Waals surface area contributed by atoms with Crippen LogP contribution in [0.5, 0.6) is 0 Å². The van der Waals surface area contributed by atoms with Crippen molar-refractivity contribution >= 4 is 11.6 Å². The maximum atomic E-state index is 11.8. The van der Waals surface area contributed by atoms with E-state index in [1.807, 2.05) is 6.07 Å². The quantitative estimate of drug-likeness (QED) is 0.649. The SMILES string of the molecule is Cc1cc(C(=O)NC(C)CC#N)cc([N+](=O)[O-])c1. The molecular weight excluding hydrogens is 234 g/mol. The van der Waals surface area contributed by atoms with Gasteiger partial charge >= 0.3 is 0 Å². The first-order valence-electron chi connectivity index (χ1n) is 5.38. The Kier molecular flexibility index (Phi) is 4.38. The maximum absolute atomic E-state index is 11.8. The summed E-state index contributed by atoms with van der Waals surface area (Å²) in [7, 11) is 0. The molecule has 1 rings (SSSR count). The van der Waals surface area contributed by atoms with Crippen LogP contribution in [0.1, 0.15) is 29.3 Å². The van der Waals surface area contributed by atoms with Crippen LogP contribution in [0.25, 0.3) is 0 Å². The molecule has 94 valence electrons. The molecule has 6 nitrogen and oxygen atoms in total. The number of non-ortho nitro benzene ring substituents is 1. The van der Waals surface area contributed by atoms with Gasteiger partial charge in [-0.2, -0.15) is 5.26 Å². The number of carbonyl (C=O) groups excluding carboxylic acids is 1. The third-order valence-corrected chi connectivity index (χ3v) is 2.31. The first-order chi connectivity index (χ1) is 8.43. The molecular formula is C12H13N3O3. The Morgan fingerprint density at radius 2 is 2.22 bits per heavy atom. The number of hydrogen-bond acceptors (Lipinski definition) is 4. The lowest BCUT2D eigenvalue weighted by atomic mass is 10.1. The molecule has 0 fully saturated rings. The summed E-state index contributed by atoms with van der Waals surface area (Å²) in [6.07, 6.45) is 0.194. The fourth-order valence-electron chi connectivity index (χ4n) is 1.49. The van der Waals surface area contributed by atoms with Crippen LogP contribution in [0.3, 0.4) is 0 Å². The molecule has 0 aliphatic rings. The summed E-state index contributed by atoms with van der Waals surface area (Å²) < 4.78 is 0. The number of nitrogens with zero attached hydrogens (tertiary/aromatic N) is 2. The zero-order valence-electron chi connectivity index (χ0n) is 10.1. The monoisotopic (exact) mass is 247 g/mol. The lowest BCUT2D eigenvalue weighted by Crippen LogP contribution is -2.32. The normalized spacial score (nSPS) is 11.4. The molecule has 1 atom stereocenters. The Hall–Kier alpha value is -2.42. The number of amides is 1. The van der Waals surface area contributed by atoms with Gasteiger partial charge in [0.1, 0.15) is 0 Å². The average molecular weight is 247 g/mol. The molecule has 0 spiro atoms. The Morgan fingerprint density at radius 1 is 1.56 bits per heavy atom. The minimum Gasteiger partial charge on any atom is -0.349 e. The number of hydrogen-bond donors (Lipinski definition) is 1. The van der Waals surface area contributed by atoms with Gasteiger partial charge in [-0.3, -0.25) is 14.9 Å². The van der Waals surface area contributed by atoms with E-state index in [2.05, 4.69) is 5.32 Å². The second-order valence-corrected chi connectivity index (χ2v) is 4.05. The molecule has 0 heterocycles. The summed E-state index contributed by atoms with van der Waals surface area (Å²) in [6.45, 7) is 3.38. The van der Waals surface area contributed by atoms with Crippen molar-refractivity contribution in [2.75, 3.05) is 0 Å². The highest BCUT2D eigenvalue weighted by molar-refractivity contribution is 5.95. The summed E-state index contributed by atoms with van der Waals surface area (Å²) in [4.78, 5) is 22.0. The number of carbonyl (C=O) groups is 1. The van der Waals surface area contributed by atoms with Gasteiger partial charge in [-0.1, -0.05) is 0 Å². The lowest BCUT2D eigenvalue weighted by Gasteiger charge is -2.10. The van der Waals surface area contributed by atoms with Gasteiger partial charge < -0.3 is 5.32 Å². The van der Waals surface area contributed by atoms with E-state index in [0.717, 1.165) is 0 Å². The highest BCUT2D eigenvalue weighted by Crippen LogP contribution is 2.16. The largest absolute Gasteiger partial charge is 0.349 e. The van der Waals surface area contributed by atoms with Gasteiger partial charge in [0.05, 0.1) is 17.4 Å². The molecule has 0 saturated heterocycles. The number of nitriles is 1. The Balaban J connectivity index is 2.93. The fraction of sp³-hybridized carbons (Fsp3) is 0.333. The molecule has 1 unspecified atom stereocenters.